The Hall–Kier alpha value is -0.960. The van der Waals surface area contributed by atoms with Crippen LogP contribution >= 0.6 is 11.3 Å². The van der Waals surface area contributed by atoms with Crippen LogP contribution in [0.4, 0.5) is 0 Å². The highest BCUT2D eigenvalue weighted by molar-refractivity contribution is 7.91. The third kappa shape index (κ3) is 6.16. The van der Waals surface area contributed by atoms with E-state index in [9.17, 15) is 13.2 Å². The van der Waals surface area contributed by atoms with E-state index in [0.29, 0.717) is 6.54 Å². The van der Waals surface area contributed by atoms with Crippen LogP contribution in [0.25, 0.3) is 0 Å². The summed E-state index contributed by atoms with van der Waals surface area (Å²) in [6.07, 6.45) is 2.17. The molecular weight excluding hydrogens is 346 g/mol. The van der Waals surface area contributed by atoms with Gasteiger partial charge < -0.3 is 10.2 Å². The van der Waals surface area contributed by atoms with Crippen molar-refractivity contribution in [2.75, 3.05) is 32.7 Å². The minimum Gasteiger partial charge on any atom is -0.355 e. The van der Waals surface area contributed by atoms with Crippen LogP contribution in [-0.2, 0) is 14.8 Å². The number of nitrogens with zero attached hydrogens (tertiary/aromatic N) is 1. The summed E-state index contributed by atoms with van der Waals surface area (Å²) in [4.78, 5) is 14.2. The molecule has 0 aliphatic carbocycles. The van der Waals surface area contributed by atoms with Crippen molar-refractivity contribution in [2.24, 2.45) is 11.8 Å². The molecule has 2 heterocycles. The second-order valence-electron chi connectivity index (χ2n) is 6.67. The van der Waals surface area contributed by atoms with E-state index >= 15 is 0 Å². The second-order valence-corrected chi connectivity index (χ2v) is 9.61. The van der Waals surface area contributed by atoms with Gasteiger partial charge in [0.1, 0.15) is 4.21 Å². The average molecular weight is 374 g/mol. The van der Waals surface area contributed by atoms with Gasteiger partial charge in [0.2, 0.25) is 5.91 Å². The minimum atomic E-state index is -3.57. The molecule has 0 saturated carbocycles. The molecule has 1 saturated heterocycles. The minimum absolute atomic E-state index is 0.224. The Balaban J connectivity index is 1.62. The van der Waals surface area contributed by atoms with Crippen LogP contribution in [0.5, 0.6) is 0 Å². The molecule has 0 radical (unpaired) electrons. The highest BCUT2D eigenvalue weighted by atomic mass is 32.2. The van der Waals surface area contributed by atoms with Crippen LogP contribution in [-0.4, -0.2) is 51.9 Å². The molecule has 1 amide bonds. The number of sulfonamides is 1. The summed E-state index contributed by atoms with van der Waals surface area (Å²) in [7, 11) is -3.57. The Morgan fingerprint density at radius 1 is 1.33 bits per heavy atom. The first-order valence-corrected chi connectivity index (χ1v) is 10.8. The third-order valence-corrected chi connectivity index (χ3v) is 6.90. The number of rotatable bonds is 8. The van der Waals surface area contributed by atoms with Crippen LogP contribution < -0.4 is 10.0 Å². The van der Waals surface area contributed by atoms with Gasteiger partial charge >= 0.3 is 0 Å². The van der Waals surface area contributed by atoms with Crippen LogP contribution in [0.2, 0.25) is 0 Å². The van der Waals surface area contributed by atoms with Crippen molar-refractivity contribution in [3.8, 4) is 0 Å². The molecule has 0 spiro atoms. The summed E-state index contributed by atoms with van der Waals surface area (Å²) in [5.74, 6) is 1.17. The van der Waals surface area contributed by atoms with Crippen LogP contribution in [0.15, 0.2) is 21.7 Å². The van der Waals surface area contributed by atoms with Crippen LogP contribution in [0, 0.1) is 11.8 Å². The predicted molar refractivity (Wildman–Crippen MR) is 96.5 cm³/mol. The highest BCUT2D eigenvalue weighted by Gasteiger charge is 2.21. The first-order valence-electron chi connectivity index (χ1n) is 8.39. The number of carbonyl (C=O) groups is 1. The van der Waals surface area contributed by atoms with Crippen molar-refractivity contribution >= 4 is 27.3 Å². The van der Waals surface area contributed by atoms with Crippen molar-refractivity contribution in [1.29, 1.82) is 0 Å². The van der Waals surface area contributed by atoms with Gasteiger partial charge in [-0.25, -0.2) is 13.1 Å². The molecular formula is C16H27N3O3S2. The lowest BCUT2D eigenvalue weighted by Crippen LogP contribution is -2.41. The van der Waals surface area contributed by atoms with Crippen molar-refractivity contribution in [2.45, 2.75) is 30.9 Å². The molecule has 6 nitrogen and oxygen atoms in total. The van der Waals surface area contributed by atoms with E-state index in [-0.39, 0.29) is 16.7 Å². The first-order chi connectivity index (χ1) is 11.4. The summed E-state index contributed by atoms with van der Waals surface area (Å²) < 4.78 is 26.4. The van der Waals surface area contributed by atoms with E-state index in [0.717, 1.165) is 49.2 Å². The number of thiophene rings is 1. The summed E-state index contributed by atoms with van der Waals surface area (Å²) in [5.41, 5.74) is 0. The highest BCUT2D eigenvalue weighted by Crippen LogP contribution is 2.20. The van der Waals surface area contributed by atoms with E-state index in [4.69, 9.17) is 0 Å². The molecule has 1 fully saturated rings. The molecule has 1 aromatic heterocycles. The fourth-order valence-corrected chi connectivity index (χ4v) is 5.24. The van der Waals surface area contributed by atoms with Gasteiger partial charge in [0, 0.05) is 19.6 Å². The van der Waals surface area contributed by atoms with Gasteiger partial charge in [0.25, 0.3) is 10.0 Å². The van der Waals surface area contributed by atoms with E-state index in [2.05, 4.69) is 28.8 Å². The number of hydrogen-bond donors (Lipinski definition) is 2. The number of hydrogen-bond acceptors (Lipinski definition) is 5. The van der Waals surface area contributed by atoms with Gasteiger partial charge in [-0.1, -0.05) is 19.9 Å². The standard InChI is InChI=1S/C16H27N3O3S2/c1-13-9-14(2)12-19(11-13)7-4-6-17-15(20)10-18-24(21,22)16-5-3-8-23-16/h3,5,8,13-14,18H,4,6-7,9-12H2,1-2H3,(H,17,20). The topological polar surface area (TPSA) is 78.5 Å². The Morgan fingerprint density at radius 2 is 2.04 bits per heavy atom. The molecule has 2 unspecified atom stereocenters. The quantitative estimate of drug-likeness (QED) is 0.677. The Labute approximate surface area is 148 Å². The molecule has 136 valence electrons. The number of likely N-dealkylation sites (tertiary alicyclic amines) is 1. The molecule has 1 aliphatic rings. The number of carbonyl (C=O) groups excluding carboxylic acids is 1. The lowest BCUT2D eigenvalue weighted by atomic mass is 9.92. The smallest absolute Gasteiger partial charge is 0.250 e. The van der Waals surface area contributed by atoms with Crippen molar-refractivity contribution in [1.82, 2.24) is 14.9 Å². The molecule has 0 bridgehead atoms. The summed E-state index contributed by atoms with van der Waals surface area (Å²) in [6, 6.07) is 3.19. The Kier molecular flexibility index (Phi) is 7.21. The molecule has 1 aliphatic heterocycles. The zero-order chi connectivity index (χ0) is 17.6. The maximum Gasteiger partial charge on any atom is 0.250 e. The second kappa shape index (κ2) is 8.94. The van der Waals surface area contributed by atoms with Crippen LogP contribution in [0.3, 0.4) is 0 Å². The van der Waals surface area contributed by atoms with E-state index < -0.39 is 10.0 Å². The lowest BCUT2D eigenvalue weighted by Gasteiger charge is -2.34. The first kappa shape index (κ1) is 19.4. The van der Waals surface area contributed by atoms with E-state index in [1.54, 1.807) is 11.4 Å². The summed E-state index contributed by atoms with van der Waals surface area (Å²) >= 11 is 1.13. The Bertz CT molecular complexity index is 607. The lowest BCUT2D eigenvalue weighted by molar-refractivity contribution is -0.119. The van der Waals surface area contributed by atoms with Gasteiger partial charge in [0.15, 0.2) is 0 Å². The van der Waals surface area contributed by atoms with E-state index in [1.165, 1.54) is 12.5 Å². The zero-order valence-electron chi connectivity index (χ0n) is 14.3. The fourth-order valence-electron chi connectivity index (χ4n) is 3.22. The normalized spacial score (nSPS) is 22.4. The summed E-state index contributed by atoms with van der Waals surface area (Å²) in [5, 5.41) is 4.46. The third-order valence-electron chi connectivity index (χ3n) is 4.10. The predicted octanol–water partition coefficient (Wildman–Crippen LogP) is 1.51. The maximum absolute atomic E-state index is 11.9. The molecule has 2 atom stereocenters. The molecule has 2 rings (SSSR count). The molecule has 1 aromatic rings. The number of piperidine rings is 1. The molecule has 8 heteroatoms. The van der Waals surface area contributed by atoms with Gasteiger partial charge in [-0.05, 0) is 42.7 Å². The number of nitrogens with one attached hydrogen (secondary N) is 2. The Morgan fingerprint density at radius 3 is 2.67 bits per heavy atom. The average Bonchev–Trinajstić information content (AvgIpc) is 3.04. The molecule has 24 heavy (non-hydrogen) atoms. The van der Waals surface area contributed by atoms with Gasteiger partial charge in [0.05, 0.1) is 6.54 Å². The zero-order valence-corrected chi connectivity index (χ0v) is 16.0. The van der Waals surface area contributed by atoms with E-state index in [1.807, 2.05) is 0 Å². The van der Waals surface area contributed by atoms with Crippen molar-refractivity contribution in [3.05, 3.63) is 17.5 Å². The SMILES string of the molecule is CC1CC(C)CN(CCCNC(=O)CNS(=O)(=O)c2cccs2)C1. The fraction of sp³-hybridized carbons (Fsp3) is 0.688. The van der Waals surface area contributed by atoms with Gasteiger partial charge in [-0.15, -0.1) is 11.3 Å². The van der Waals surface area contributed by atoms with Crippen LogP contribution in [0.1, 0.15) is 26.7 Å². The maximum atomic E-state index is 11.9. The van der Waals surface area contributed by atoms with Gasteiger partial charge in [-0.2, -0.15) is 0 Å². The van der Waals surface area contributed by atoms with Crippen molar-refractivity contribution in [3.63, 3.8) is 0 Å². The molecule has 0 aromatic carbocycles. The molecule has 2 N–H and O–H groups in total. The van der Waals surface area contributed by atoms with Gasteiger partial charge in [-0.3, -0.25) is 4.79 Å². The monoisotopic (exact) mass is 373 g/mol. The summed E-state index contributed by atoms with van der Waals surface area (Å²) in [6.45, 7) is 8.12. The number of amides is 1. The van der Waals surface area contributed by atoms with Crippen molar-refractivity contribution < 1.29 is 13.2 Å². The largest absolute Gasteiger partial charge is 0.355 e.